The second-order valence-electron chi connectivity index (χ2n) is 7.91. The van der Waals surface area contributed by atoms with Crippen molar-refractivity contribution in [2.75, 3.05) is 19.7 Å². The van der Waals surface area contributed by atoms with Crippen LogP contribution in [0.1, 0.15) is 36.9 Å². The Morgan fingerprint density at radius 2 is 1.76 bits per heavy atom. The average molecular weight is 514 g/mol. The molecule has 4 rings (SSSR count). The quantitative estimate of drug-likeness (QED) is 0.378. The molecular formula is C24H24BrN3O5. The van der Waals surface area contributed by atoms with E-state index < -0.39 is 17.7 Å². The average Bonchev–Trinajstić information content (AvgIpc) is 3.10. The summed E-state index contributed by atoms with van der Waals surface area (Å²) in [5.74, 6) is -1.58. The Labute approximate surface area is 200 Å². The van der Waals surface area contributed by atoms with Gasteiger partial charge >= 0.3 is 6.09 Å². The molecule has 2 aromatic rings. The first-order chi connectivity index (χ1) is 15.9. The van der Waals surface area contributed by atoms with Crippen LogP contribution in [0, 0.1) is 0 Å². The Balaban J connectivity index is 1.71. The smallest absolute Gasteiger partial charge is 0.409 e. The molecule has 1 unspecified atom stereocenters. The molecule has 33 heavy (non-hydrogen) atoms. The van der Waals surface area contributed by atoms with E-state index >= 15 is 0 Å². The van der Waals surface area contributed by atoms with Crippen molar-refractivity contribution in [1.29, 1.82) is 0 Å². The number of hydrogen-bond donors (Lipinski definition) is 1. The lowest BCUT2D eigenvalue weighted by atomic mass is 9.94. The van der Waals surface area contributed by atoms with Gasteiger partial charge in [0.15, 0.2) is 0 Å². The molecule has 1 atom stereocenters. The van der Waals surface area contributed by atoms with Crippen molar-refractivity contribution in [3.63, 3.8) is 0 Å². The summed E-state index contributed by atoms with van der Waals surface area (Å²) in [6, 6.07) is 9.38. The number of hydrogen-bond acceptors (Lipinski definition) is 6. The number of carbonyl (C=O) groups is 3. The molecule has 172 valence electrons. The van der Waals surface area contributed by atoms with Gasteiger partial charge in [-0.1, -0.05) is 28.1 Å². The summed E-state index contributed by atoms with van der Waals surface area (Å²) in [6.45, 7) is 2.89. The molecular weight excluding hydrogens is 490 g/mol. The summed E-state index contributed by atoms with van der Waals surface area (Å²) in [5.41, 5.74) is 1.20. The second-order valence-corrected chi connectivity index (χ2v) is 8.83. The summed E-state index contributed by atoms with van der Waals surface area (Å²) in [5, 5.41) is 11.1. The highest BCUT2D eigenvalue weighted by Gasteiger charge is 2.49. The fourth-order valence-corrected chi connectivity index (χ4v) is 4.67. The zero-order chi connectivity index (χ0) is 23.5. The first kappa shape index (κ1) is 23.0. The fourth-order valence-electron chi connectivity index (χ4n) is 4.40. The number of nitrogens with zero attached hydrogens (tertiary/aromatic N) is 3. The molecule has 0 radical (unpaired) electrons. The summed E-state index contributed by atoms with van der Waals surface area (Å²) < 4.78 is 5.91. The highest BCUT2D eigenvalue weighted by atomic mass is 79.9. The maximum atomic E-state index is 13.2. The number of aromatic nitrogens is 1. The molecule has 2 aliphatic rings. The van der Waals surface area contributed by atoms with E-state index in [1.807, 2.05) is 0 Å². The molecule has 2 saturated heterocycles. The largest absolute Gasteiger partial charge is 0.507 e. The van der Waals surface area contributed by atoms with E-state index in [0.717, 1.165) is 4.47 Å². The third-order valence-corrected chi connectivity index (χ3v) is 6.53. The van der Waals surface area contributed by atoms with Gasteiger partial charge in [-0.05, 0) is 49.6 Å². The van der Waals surface area contributed by atoms with Crippen LogP contribution < -0.4 is 0 Å². The minimum absolute atomic E-state index is 0.0568. The van der Waals surface area contributed by atoms with Gasteiger partial charge < -0.3 is 19.6 Å². The Bertz CT molecular complexity index is 1080. The number of benzene rings is 1. The summed E-state index contributed by atoms with van der Waals surface area (Å²) >= 11 is 3.36. The number of pyridine rings is 1. The molecule has 0 aliphatic carbocycles. The number of carbonyl (C=O) groups excluding carboxylic acids is 3. The lowest BCUT2D eigenvalue weighted by Crippen LogP contribution is -2.48. The SMILES string of the molecule is CCOC(=O)N1CCC(N2C(=O)C(=O)/C(=C(/O)c3ccc(Br)cc3)C2c2ccncc2)CC1. The molecule has 1 aromatic carbocycles. The molecule has 2 fully saturated rings. The fraction of sp³-hybridized carbons (Fsp3) is 0.333. The monoisotopic (exact) mass is 513 g/mol. The highest BCUT2D eigenvalue weighted by Crippen LogP contribution is 2.42. The molecule has 0 bridgehead atoms. The van der Waals surface area contributed by atoms with Crippen LogP contribution >= 0.6 is 15.9 Å². The number of Topliss-reactive ketones (excluding diaryl/α,β-unsaturated/α-hetero) is 1. The number of aliphatic hydroxyl groups excluding tert-OH is 1. The molecule has 2 amide bonds. The van der Waals surface area contributed by atoms with Gasteiger partial charge in [0.2, 0.25) is 0 Å². The van der Waals surface area contributed by atoms with Gasteiger partial charge in [-0.3, -0.25) is 14.6 Å². The number of likely N-dealkylation sites (tertiary alicyclic amines) is 2. The number of aliphatic hydroxyl groups is 1. The van der Waals surface area contributed by atoms with Crippen molar-refractivity contribution in [3.05, 3.63) is 70.0 Å². The minimum Gasteiger partial charge on any atom is -0.507 e. The maximum absolute atomic E-state index is 13.2. The summed E-state index contributed by atoms with van der Waals surface area (Å²) in [7, 11) is 0. The number of ether oxygens (including phenoxy) is 1. The Kier molecular flexibility index (Phi) is 6.78. The van der Waals surface area contributed by atoms with E-state index in [1.54, 1.807) is 65.5 Å². The molecule has 2 aliphatic heterocycles. The van der Waals surface area contributed by atoms with Gasteiger partial charge in [0.05, 0.1) is 18.2 Å². The molecule has 1 aromatic heterocycles. The van der Waals surface area contributed by atoms with E-state index in [1.165, 1.54) is 0 Å². The van der Waals surface area contributed by atoms with E-state index in [0.29, 0.717) is 43.7 Å². The number of amides is 2. The van der Waals surface area contributed by atoms with Crippen LogP contribution in [0.2, 0.25) is 0 Å². The van der Waals surface area contributed by atoms with Gasteiger partial charge in [0, 0.05) is 41.6 Å². The van der Waals surface area contributed by atoms with Crippen molar-refractivity contribution in [1.82, 2.24) is 14.8 Å². The molecule has 3 heterocycles. The van der Waals surface area contributed by atoms with Crippen LogP contribution in [0.5, 0.6) is 0 Å². The Hall–Kier alpha value is -3.20. The van der Waals surface area contributed by atoms with Crippen LogP contribution in [-0.4, -0.2) is 63.4 Å². The van der Waals surface area contributed by atoms with Crippen molar-refractivity contribution in [3.8, 4) is 0 Å². The first-order valence-electron chi connectivity index (χ1n) is 10.8. The number of rotatable bonds is 4. The highest BCUT2D eigenvalue weighted by molar-refractivity contribution is 9.10. The maximum Gasteiger partial charge on any atom is 0.409 e. The molecule has 1 N–H and O–H groups in total. The van der Waals surface area contributed by atoms with Crippen LogP contribution in [0.4, 0.5) is 4.79 Å². The summed E-state index contributed by atoms with van der Waals surface area (Å²) in [6.07, 6.45) is 3.83. The standard InChI is InChI=1S/C24H24BrN3O5/c1-2-33-24(32)27-13-9-18(10-14-27)28-20(15-7-11-26-12-8-15)19(22(30)23(28)31)21(29)16-3-5-17(25)6-4-16/h3-8,11-12,18,20,29H,2,9-10,13-14H2,1H3/b21-19+. The van der Waals surface area contributed by atoms with Crippen LogP contribution in [0.3, 0.4) is 0 Å². The molecule has 0 saturated carbocycles. The predicted octanol–water partition coefficient (Wildman–Crippen LogP) is 3.89. The van der Waals surface area contributed by atoms with Crippen molar-refractivity contribution >= 4 is 39.5 Å². The number of ketones is 1. The zero-order valence-corrected chi connectivity index (χ0v) is 19.7. The van der Waals surface area contributed by atoms with Gasteiger partial charge in [-0.2, -0.15) is 0 Å². The Morgan fingerprint density at radius 1 is 1.12 bits per heavy atom. The lowest BCUT2D eigenvalue weighted by molar-refractivity contribution is -0.142. The van der Waals surface area contributed by atoms with E-state index in [-0.39, 0.29) is 23.5 Å². The third kappa shape index (κ3) is 4.50. The minimum atomic E-state index is -0.740. The van der Waals surface area contributed by atoms with E-state index in [4.69, 9.17) is 4.74 Å². The molecule has 9 heteroatoms. The van der Waals surface area contributed by atoms with E-state index in [9.17, 15) is 19.5 Å². The van der Waals surface area contributed by atoms with Crippen LogP contribution in [0.25, 0.3) is 5.76 Å². The van der Waals surface area contributed by atoms with E-state index in [2.05, 4.69) is 20.9 Å². The second kappa shape index (κ2) is 9.74. The van der Waals surface area contributed by atoms with Gasteiger partial charge in [0.1, 0.15) is 5.76 Å². The Morgan fingerprint density at radius 3 is 2.36 bits per heavy atom. The summed E-state index contributed by atoms with van der Waals surface area (Å²) in [4.78, 5) is 45.7. The van der Waals surface area contributed by atoms with Crippen molar-refractivity contribution in [2.45, 2.75) is 31.8 Å². The molecule has 0 spiro atoms. The van der Waals surface area contributed by atoms with Crippen molar-refractivity contribution in [2.24, 2.45) is 0 Å². The first-order valence-corrected chi connectivity index (χ1v) is 11.6. The zero-order valence-electron chi connectivity index (χ0n) is 18.1. The van der Waals surface area contributed by atoms with Gasteiger partial charge in [-0.15, -0.1) is 0 Å². The normalized spacial score (nSPS) is 20.8. The van der Waals surface area contributed by atoms with Gasteiger partial charge in [-0.25, -0.2) is 4.79 Å². The third-order valence-electron chi connectivity index (χ3n) is 6.00. The number of halogens is 1. The van der Waals surface area contributed by atoms with Crippen LogP contribution in [0.15, 0.2) is 58.8 Å². The molecule has 8 nitrogen and oxygen atoms in total. The van der Waals surface area contributed by atoms with Gasteiger partial charge in [0.25, 0.3) is 11.7 Å². The predicted molar refractivity (Wildman–Crippen MR) is 124 cm³/mol. The topological polar surface area (TPSA) is 100 Å². The number of piperidine rings is 1. The lowest BCUT2D eigenvalue weighted by Gasteiger charge is -2.38. The van der Waals surface area contributed by atoms with Crippen LogP contribution in [-0.2, 0) is 14.3 Å². The van der Waals surface area contributed by atoms with Crippen molar-refractivity contribution < 1.29 is 24.2 Å².